The third-order valence-electron chi connectivity index (χ3n) is 2.79. The monoisotopic (exact) mass is 353 g/mol. The van der Waals surface area contributed by atoms with E-state index >= 15 is 0 Å². The molecule has 0 aliphatic rings. The van der Waals surface area contributed by atoms with Crippen LogP contribution in [-0.4, -0.2) is 25.5 Å². The van der Waals surface area contributed by atoms with Crippen molar-refractivity contribution < 1.29 is 22.7 Å². The maximum Gasteiger partial charge on any atom is 0.371 e. The Kier molecular flexibility index (Phi) is 4.48. The Balaban J connectivity index is 3.11. The number of hydrogen-bond acceptors (Lipinski definition) is 4. The van der Waals surface area contributed by atoms with Crippen molar-refractivity contribution in [1.29, 1.82) is 0 Å². The van der Waals surface area contributed by atoms with Crippen molar-refractivity contribution in [3.05, 3.63) is 16.5 Å². The van der Waals surface area contributed by atoms with E-state index in [0.717, 1.165) is 6.07 Å². The van der Waals surface area contributed by atoms with Gasteiger partial charge in [0.05, 0.1) is 0 Å². The molecular formula is C11H16BrNO5S. The van der Waals surface area contributed by atoms with Crippen LogP contribution in [0.2, 0.25) is 0 Å². The van der Waals surface area contributed by atoms with Crippen molar-refractivity contribution in [2.45, 2.75) is 38.6 Å². The molecule has 8 heteroatoms. The van der Waals surface area contributed by atoms with E-state index in [4.69, 9.17) is 9.52 Å². The Morgan fingerprint density at radius 1 is 1.47 bits per heavy atom. The van der Waals surface area contributed by atoms with Crippen LogP contribution in [0.1, 0.15) is 38.2 Å². The standard InChI is InChI=1S/C11H16BrNO5S/c1-6(11(2,3)4)13-19(16,17)8-5-7(10(14)15)18-9(8)12/h5-6,13H,1-4H3,(H,14,15). The summed E-state index contributed by atoms with van der Waals surface area (Å²) in [6.45, 7) is 7.43. The van der Waals surface area contributed by atoms with Crippen LogP contribution in [-0.2, 0) is 10.0 Å². The summed E-state index contributed by atoms with van der Waals surface area (Å²) in [5.74, 6) is -1.76. The van der Waals surface area contributed by atoms with Crippen molar-refractivity contribution in [2.75, 3.05) is 0 Å². The van der Waals surface area contributed by atoms with E-state index in [-0.39, 0.29) is 21.0 Å². The zero-order valence-corrected chi connectivity index (χ0v) is 13.4. The molecule has 1 aromatic heterocycles. The number of hydrogen-bond donors (Lipinski definition) is 2. The average molecular weight is 354 g/mol. The van der Waals surface area contributed by atoms with E-state index in [9.17, 15) is 13.2 Å². The van der Waals surface area contributed by atoms with E-state index in [1.165, 1.54) is 0 Å². The summed E-state index contributed by atoms with van der Waals surface area (Å²) in [7, 11) is -3.84. The number of aromatic carboxylic acids is 1. The normalized spacial score (nSPS) is 14.4. The Labute approximate surface area is 120 Å². The lowest BCUT2D eigenvalue weighted by Crippen LogP contribution is -2.41. The first-order valence-electron chi connectivity index (χ1n) is 5.50. The second-order valence-electron chi connectivity index (χ2n) is 5.26. The Hall–Kier alpha value is -0.860. The molecule has 0 bridgehead atoms. The maximum absolute atomic E-state index is 12.2. The molecule has 0 aliphatic carbocycles. The van der Waals surface area contributed by atoms with Gasteiger partial charge in [0.15, 0.2) is 4.67 Å². The second kappa shape index (κ2) is 5.26. The highest BCUT2D eigenvalue weighted by Crippen LogP contribution is 2.28. The van der Waals surface area contributed by atoms with Crippen LogP contribution >= 0.6 is 15.9 Å². The van der Waals surface area contributed by atoms with E-state index < -0.39 is 21.8 Å². The lowest BCUT2D eigenvalue weighted by Gasteiger charge is -2.27. The molecule has 0 radical (unpaired) electrons. The molecule has 6 nitrogen and oxygen atoms in total. The van der Waals surface area contributed by atoms with Gasteiger partial charge in [0.1, 0.15) is 4.90 Å². The SMILES string of the molecule is CC(NS(=O)(=O)c1cc(C(=O)O)oc1Br)C(C)(C)C. The van der Waals surface area contributed by atoms with Crippen LogP contribution in [0.25, 0.3) is 0 Å². The lowest BCUT2D eigenvalue weighted by atomic mass is 9.89. The summed E-state index contributed by atoms with van der Waals surface area (Å²) in [5.41, 5.74) is -0.265. The van der Waals surface area contributed by atoms with Gasteiger partial charge in [-0.15, -0.1) is 0 Å². The minimum atomic E-state index is -3.84. The number of carboxylic acids is 1. The third kappa shape index (κ3) is 3.80. The predicted molar refractivity (Wildman–Crippen MR) is 72.6 cm³/mol. The quantitative estimate of drug-likeness (QED) is 0.866. The van der Waals surface area contributed by atoms with Gasteiger partial charge in [-0.05, 0) is 28.3 Å². The first kappa shape index (κ1) is 16.2. The highest BCUT2D eigenvalue weighted by Gasteiger charge is 2.30. The van der Waals surface area contributed by atoms with Crippen LogP contribution in [0.3, 0.4) is 0 Å². The van der Waals surface area contributed by atoms with Crippen LogP contribution in [0.4, 0.5) is 0 Å². The maximum atomic E-state index is 12.2. The zero-order valence-electron chi connectivity index (χ0n) is 11.0. The number of carboxylic acid groups (broad SMARTS) is 1. The highest BCUT2D eigenvalue weighted by atomic mass is 79.9. The number of furan rings is 1. The Bertz CT molecular complexity index is 585. The van der Waals surface area contributed by atoms with E-state index in [1.54, 1.807) is 6.92 Å². The molecule has 1 atom stereocenters. The fourth-order valence-corrected chi connectivity index (χ4v) is 3.50. The van der Waals surface area contributed by atoms with Crippen molar-refractivity contribution >= 4 is 31.9 Å². The summed E-state index contributed by atoms with van der Waals surface area (Å²) in [6.07, 6.45) is 0. The number of halogens is 1. The molecule has 1 heterocycles. The smallest absolute Gasteiger partial charge is 0.371 e. The number of rotatable bonds is 4. The van der Waals surface area contributed by atoms with Crippen LogP contribution in [0, 0.1) is 5.41 Å². The fourth-order valence-electron chi connectivity index (χ4n) is 1.11. The van der Waals surface area contributed by atoms with Crippen LogP contribution in [0.5, 0.6) is 0 Å². The van der Waals surface area contributed by atoms with Crippen molar-refractivity contribution in [2.24, 2.45) is 5.41 Å². The third-order valence-corrected chi connectivity index (χ3v) is 5.18. The molecule has 1 unspecified atom stereocenters. The first-order chi connectivity index (χ1) is 8.45. The van der Waals surface area contributed by atoms with Crippen LogP contribution < -0.4 is 4.72 Å². The first-order valence-corrected chi connectivity index (χ1v) is 7.77. The van der Waals surface area contributed by atoms with Gasteiger partial charge in [-0.25, -0.2) is 17.9 Å². The van der Waals surface area contributed by atoms with Crippen LogP contribution in [0.15, 0.2) is 20.0 Å². The van der Waals surface area contributed by atoms with Gasteiger partial charge in [0.2, 0.25) is 15.8 Å². The van der Waals surface area contributed by atoms with Gasteiger partial charge >= 0.3 is 5.97 Å². The average Bonchev–Trinajstić information content (AvgIpc) is 2.59. The fraction of sp³-hybridized carbons (Fsp3) is 0.545. The van der Waals surface area contributed by atoms with E-state index in [2.05, 4.69) is 20.7 Å². The molecule has 0 aromatic carbocycles. The van der Waals surface area contributed by atoms with E-state index in [0.29, 0.717) is 0 Å². The van der Waals surface area contributed by atoms with Crippen molar-refractivity contribution in [3.8, 4) is 0 Å². The molecule has 0 saturated carbocycles. The molecule has 1 rings (SSSR count). The molecule has 0 fully saturated rings. The van der Waals surface area contributed by atoms with Gasteiger partial charge in [-0.3, -0.25) is 0 Å². The topological polar surface area (TPSA) is 96.6 Å². The molecule has 108 valence electrons. The molecule has 2 N–H and O–H groups in total. The largest absolute Gasteiger partial charge is 0.475 e. The number of sulfonamides is 1. The highest BCUT2D eigenvalue weighted by molar-refractivity contribution is 9.10. The number of carbonyl (C=O) groups is 1. The minimum absolute atomic E-state index is 0.126. The molecule has 0 spiro atoms. The zero-order chi connectivity index (χ0) is 15.0. The second-order valence-corrected chi connectivity index (χ2v) is 7.67. The van der Waals surface area contributed by atoms with Gasteiger partial charge in [-0.1, -0.05) is 20.8 Å². The molecule has 19 heavy (non-hydrogen) atoms. The summed E-state index contributed by atoms with van der Waals surface area (Å²) in [6, 6.07) is 0.650. The molecule has 1 aromatic rings. The predicted octanol–water partition coefficient (Wildman–Crippen LogP) is 2.45. The molecular weight excluding hydrogens is 338 g/mol. The minimum Gasteiger partial charge on any atom is -0.475 e. The molecule has 0 saturated heterocycles. The van der Waals surface area contributed by atoms with Gasteiger partial charge in [0.25, 0.3) is 0 Å². The van der Waals surface area contributed by atoms with Crippen molar-refractivity contribution in [3.63, 3.8) is 0 Å². The summed E-state index contributed by atoms with van der Waals surface area (Å²) in [4.78, 5) is 10.5. The Morgan fingerprint density at radius 2 is 2.00 bits per heavy atom. The Morgan fingerprint density at radius 3 is 2.37 bits per heavy atom. The van der Waals surface area contributed by atoms with Gasteiger partial charge < -0.3 is 9.52 Å². The summed E-state index contributed by atoms with van der Waals surface area (Å²) < 4.78 is 31.5. The van der Waals surface area contributed by atoms with Gasteiger partial charge in [0, 0.05) is 12.1 Å². The molecule has 0 amide bonds. The lowest BCUT2D eigenvalue weighted by molar-refractivity contribution is 0.0661. The van der Waals surface area contributed by atoms with Crippen molar-refractivity contribution in [1.82, 2.24) is 4.72 Å². The summed E-state index contributed by atoms with van der Waals surface area (Å²) >= 11 is 2.91. The van der Waals surface area contributed by atoms with E-state index in [1.807, 2.05) is 20.8 Å². The number of nitrogens with one attached hydrogen (secondary N) is 1. The van der Waals surface area contributed by atoms with Gasteiger partial charge in [-0.2, -0.15) is 0 Å². The summed E-state index contributed by atoms with van der Waals surface area (Å²) in [5, 5.41) is 8.77. The molecule has 0 aliphatic heterocycles.